The SMILES string of the molecule is CNC1CCCN(C(=O)Cc2ccc(OC(F)(F)F)cc2)C1. The van der Waals surface area contributed by atoms with E-state index in [0.29, 0.717) is 18.2 Å². The van der Waals surface area contributed by atoms with Crippen LogP contribution in [0, 0.1) is 0 Å². The van der Waals surface area contributed by atoms with Crippen molar-refractivity contribution in [1.29, 1.82) is 0 Å². The Labute approximate surface area is 127 Å². The Morgan fingerprint density at radius 3 is 2.64 bits per heavy atom. The summed E-state index contributed by atoms with van der Waals surface area (Å²) in [5, 5.41) is 3.16. The van der Waals surface area contributed by atoms with Crippen LogP contribution in [0.25, 0.3) is 0 Å². The highest BCUT2D eigenvalue weighted by molar-refractivity contribution is 5.79. The van der Waals surface area contributed by atoms with Crippen molar-refractivity contribution in [2.24, 2.45) is 0 Å². The van der Waals surface area contributed by atoms with Gasteiger partial charge in [0.15, 0.2) is 0 Å². The summed E-state index contributed by atoms with van der Waals surface area (Å²) in [6, 6.07) is 5.72. The summed E-state index contributed by atoms with van der Waals surface area (Å²) >= 11 is 0. The molecule has 1 saturated heterocycles. The number of benzene rings is 1. The van der Waals surface area contributed by atoms with Crippen LogP contribution < -0.4 is 10.1 Å². The van der Waals surface area contributed by atoms with Crippen LogP contribution in [-0.2, 0) is 11.2 Å². The van der Waals surface area contributed by atoms with Gasteiger partial charge in [-0.15, -0.1) is 13.2 Å². The molecule has 22 heavy (non-hydrogen) atoms. The summed E-state index contributed by atoms with van der Waals surface area (Å²) in [5.74, 6) is -0.290. The van der Waals surface area contributed by atoms with Crippen LogP contribution in [-0.4, -0.2) is 43.3 Å². The van der Waals surface area contributed by atoms with Gasteiger partial charge in [0, 0.05) is 19.1 Å². The van der Waals surface area contributed by atoms with Crippen LogP contribution in [0.15, 0.2) is 24.3 Å². The number of amides is 1. The van der Waals surface area contributed by atoms with E-state index in [1.807, 2.05) is 7.05 Å². The monoisotopic (exact) mass is 316 g/mol. The third kappa shape index (κ3) is 4.91. The van der Waals surface area contributed by atoms with E-state index in [1.54, 1.807) is 4.90 Å². The number of hydrogen-bond donors (Lipinski definition) is 1. The fourth-order valence-corrected chi connectivity index (χ4v) is 2.53. The van der Waals surface area contributed by atoms with Crippen molar-refractivity contribution in [2.45, 2.75) is 31.7 Å². The van der Waals surface area contributed by atoms with E-state index in [9.17, 15) is 18.0 Å². The fraction of sp³-hybridized carbons (Fsp3) is 0.533. The summed E-state index contributed by atoms with van der Waals surface area (Å²) < 4.78 is 40.0. The van der Waals surface area contributed by atoms with Crippen LogP contribution in [0.2, 0.25) is 0 Å². The summed E-state index contributed by atoms with van der Waals surface area (Å²) in [6.07, 6.45) is -2.52. The highest BCUT2D eigenvalue weighted by atomic mass is 19.4. The zero-order valence-electron chi connectivity index (χ0n) is 12.3. The Balaban J connectivity index is 1.91. The molecule has 0 aliphatic carbocycles. The van der Waals surface area contributed by atoms with Crippen LogP contribution in [0.5, 0.6) is 5.75 Å². The third-order valence-electron chi connectivity index (χ3n) is 3.69. The predicted octanol–water partition coefficient (Wildman–Crippen LogP) is 2.34. The summed E-state index contributed by atoms with van der Waals surface area (Å²) in [4.78, 5) is 14.0. The van der Waals surface area contributed by atoms with Crippen molar-refractivity contribution in [2.75, 3.05) is 20.1 Å². The second kappa shape index (κ2) is 7.00. The van der Waals surface area contributed by atoms with E-state index < -0.39 is 6.36 Å². The number of carbonyl (C=O) groups excluding carboxylic acids is 1. The van der Waals surface area contributed by atoms with Gasteiger partial charge in [-0.1, -0.05) is 12.1 Å². The van der Waals surface area contributed by atoms with Gasteiger partial charge in [-0.2, -0.15) is 0 Å². The molecule has 7 heteroatoms. The quantitative estimate of drug-likeness (QED) is 0.927. The second-order valence-electron chi connectivity index (χ2n) is 5.34. The Kier molecular flexibility index (Phi) is 5.28. The van der Waals surface area contributed by atoms with Crippen LogP contribution in [0.3, 0.4) is 0 Å². The number of halogens is 3. The number of likely N-dealkylation sites (N-methyl/N-ethyl adjacent to an activating group) is 1. The largest absolute Gasteiger partial charge is 0.573 e. The highest BCUT2D eigenvalue weighted by Crippen LogP contribution is 2.23. The molecule has 1 heterocycles. The average Bonchev–Trinajstić information content (AvgIpc) is 2.48. The topological polar surface area (TPSA) is 41.6 Å². The number of nitrogens with zero attached hydrogens (tertiary/aromatic N) is 1. The number of carbonyl (C=O) groups is 1. The van der Waals surface area contributed by atoms with Crippen molar-refractivity contribution in [3.8, 4) is 5.75 Å². The van der Waals surface area contributed by atoms with E-state index >= 15 is 0 Å². The maximum absolute atomic E-state index is 12.2. The molecule has 1 aliphatic heterocycles. The molecule has 2 rings (SSSR count). The molecule has 1 aromatic carbocycles. The first-order valence-electron chi connectivity index (χ1n) is 7.17. The van der Waals surface area contributed by atoms with Crippen LogP contribution >= 0.6 is 0 Å². The molecule has 0 bridgehead atoms. The van der Waals surface area contributed by atoms with Crippen molar-refractivity contribution in [3.05, 3.63) is 29.8 Å². The van der Waals surface area contributed by atoms with Gasteiger partial charge in [0.25, 0.3) is 0 Å². The molecule has 0 spiro atoms. The zero-order valence-corrected chi connectivity index (χ0v) is 12.3. The van der Waals surface area contributed by atoms with Crippen molar-refractivity contribution < 1.29 is 22.7 Å². The van der Waals surface area contributed by atoms with Crippen molar-refractivity contribution in [1.82, 2.24) is 10.2 Å². The molecular formula is C15H19F3N2O2. The molecule has 0 aromatic heterocycles. The lowest BCUT2D eigenvalue weighted by molar-refractivity contribution is -0.274. The minimum atomic E-state index is -4.70. The number of piperidine rings is 1. The van der Waals surface area contributed by atoms with Gasteiger partial charge in [-0.3, -0.25) is 4.79 Å². The molecule has 122 valence electrons. The number of ether oxygens (including phenoxy) is 1. The van der Waals surface area contributed by atoms with Gasteiger partial charge >= 0.3 is 6.36 Å². The molecule has 1 aromatic rings. The average molecular weight is 316 g/mol. The van der Waals surface area contributed by atoms with E-state index in [-0.39, 0.29) is 18.1 Å². The predicted molar refractivity (Wildman–Crippen MR) is 75.5 cm³/mol. The van der Waals surface area contributed by atoms with E-state index in [2.05, 4.69) is 10.1 Å². The molecule has 1 amide bonds. The number of hydrogen-bond acceptors (Lipinski definition) is 3. The number of likely N-dealkylation sites (tertiary alicyclic amines) is 1. The number of nitrogens with one attached hydrogen (secondary N) is 1. The van der Waals surface area contributed by atoms with Crippen molar-refractivity contribution in [3.63, 3.8) is 0 Å². The first kappa shape index (κ1) is 16.6. The molecule has 1 fully saturated rings. The Bertz CT molecular complexity index is 503. The minimum absolute atomic E-state index is 0.00978. The summed E-state index contributed by atoms with van der Waals surface area (Å²) in [6.45, 7) is 1.40. The summed E-state index contributed by atoms with van der Waals surface area (Å²) in [5.41, 5.74) is 0.672. The molecule has 0 saturated carbocycles. The lowest BCUT2D eigenvalue weighted by Crippen LogP contribution is -2.47. The van der Waals surface area contributed by atoms with Crippen LogP contribution in [0.4, 0.5) is 13.2 Å². The lowest BCUT2D eigenvalue weighted by atomic mass is 10.0. The van der Waals surface area contributed by atoms with Crippen molar-refractivity contribution >= 4 is 5.91 Å². The van der Waals surface area contributed by atoms with Gasteiger partial charge < -0.3 is 15.0 Å². The standard InChI is InChI=1S/C15H19F3N2O2/c1-19-12-3-2-8-20(10-12)14(21)9-11-4-6-13(7-5-11)22-15(16,17)18/h4-7,12,19H,2-3,8-10H2,1H3. The smallest absolute Gasteiger partial charge is 0.406 e. The second-order valence-corrected chi connectivity index (χ2v) is 5.34. The molecular weight excluding hydrogens is 297 g/mol. The molecule has 0 radical (unpaired) electrons. The highest BCUT2D eigenvalue weighted by Gasteiger charge is 2.31. The third-order valence-corrected chi connectivity index (χ3v) is 3.69. The van der Waals surface area contributed by atoms with E-state index in [0.717, 1.165) is 19.4 Å². The lowest BCUT2D eigenvalue weighted by Gasteiger charge is -2.32. The van der Waals surface area contributed by atoms with Gasteiger partial charge in [-0.25, -0.2) is 0 Å². The number of alkyl halides is 3. The molecule has 1 aliphatic rings. The maximum Gasteiger partial charge on any atom is 0.573 e. The zero-order chi connectivity index (χ0) is 16.2. The summed E-state index contributed by atoms with van der Waals surface area (Å²) in [7, 11) is 1.87. The van der Waals surface area contributed by atoms with E-state index in [1.165, 1.54) is 24.3 Å². The van der Waals surface area contributed by atoms with Crippen LogP contribution in [0.1, 0.15) is 18.4 Å². The van der Waals surface area contributed by atoms with Gasteiger partial charge in [0.05, 0.1) is 6.42 Å². The van der Waals surface area contributed by atoms with Gasteiger partial charge in [-0.05, 0) is 37.6 Å². The maximum atomic E-state index is 12.2. The normalized spacial score (nSPS) is 19.1. The minimum Gasteiger partial charge on any atom is -0.406 e. The Hall–Kier alpha value is -1.76. The fourth-order valence-electron chi connectivity index (χ4n) is 2.53. The van der Waals surface area contributed by atoms with Gasteiger partial charge in [0.1, 0.15) is 5.75 Å². The van der Waals surface area contributed by atoms with Gasteiger partial charge in [0.2, 0.25) is 5.91 Å². The molecule has 1 N–H and O–H groups in total. The number of rotatable bonds is 4. The Morgan fingerprint density at radius 1 is 1.36 bits per heavy atom. The molecule has 4 nitrogen and oxygen atoms in total. The van der Waals surface area contributed by atoms with E-state index in [4.69, 9.17) is 0 Å². The first-order chi connectivity index (χ1) is 10.4. The first-order valence-corrected chi connectivity index (χ1v) is 7.17. The molecule has 1 atom stereocenters. The molecule has 1 unspecified atom stereocenters. The Morgan fingerprint density at radius 2 is 2.05 bits per heavy atom.